The van der Waals surface area contributed by atoms with E-state index in [-0.39, 0.29) is 17.1 Å². The van der Waals surface area contributed by atoms with E-state index < -0.39 is 5.97 Å². The summed E-state index contributed by atoms with van der Waals surface area (Å²) in [5, 5.41) is 18.6. The minimum atomic E-state index is -0.659. The van der Waals surface area contributed by atoms with E-state index in [0.29, 0.717) is 6.54 Å². The summed E-state index contributed by atoms with van der Waals surface area (Å²) in [5.74, 6) is -1.07. The fourth-order valence-corrected chi connectivity index (χ4v) is 1.54. The number of ether oxygens (including phenoxy) is 1. The molecule has 0 saturated heterocycles. The number of benzene rings is 1. The normalized spacial score (nSPS) is 11.1. The number of rotatable bonds is 6. The van der Waals surface area contributed by atoms with Crippen LogP contribution in [0, 0.1) is 0 Å². The SMILES string of the molecule is CCN(CC)CC=COC(=O)c1ccc(O)cc1O. The Balaban J connectivity index is 2.53. The molecule has 0 unspecified atom stereocenters. The number of aromatic hydroxyl groups is 2. The Labute approximate surface area is 112 Å². The minimum Gasteiger partial charge on any atom is -0.508 e. The molecule has 0 atom stereocenters. The van der Waals surface area contributed by atoms with Gasteiger partial charge in [-0.3, -0.25) is 0 Å². The molecule has 104 valence electrons. The van der Waals surface area contributed by atoms with Crippen molar-refractivity contribution < 1.29 is 19.7 Å². The zero-order chi connectivity index (χ0) is 14.3. The lowest BCUT2D eigenvalue weighted by molar-refractivity contribution is 0.0658. The number of hydrogen-bond donors (Lipinski definition) is 2. The zero-order valence-electron chi connectivity index (χ0n) is 11.2. The second kappa shape index (κ2) is 7.43. The van der Waals surface area contributed by atoms with Crippen molar-refractivity contribution in [2.45, 2.75) is 13.8 Å². The standard InChI is InChI=1S/C14H19NO4/c1-3-15(4-2)8-5-9-19-14(18)12-7-6-11(16)10-13(12)17/h5-7,9-10,16-17H,3-4,8H2,1-2H3. The molecule has 0 heterocycles. The number of carbonyl (C=O) groups excluding carboxylic acids is 1. The molecular weight excluding hydrogens is 246 g/mol. The molecule has 0 aromatic heterocycles. The molecule has 1 rings (SSSR count). The van der Waals surface area contributed by atoms with Gasteiger partial charge in [0.2, 0.25) is 0 Å². The Kier molecular flexibility index (Phi) is 5.89. The fraction of sp³-hybridized carbons (Fsp3) is 0.357. The molecular formula is C14H19NO4. The monoisotopic (exact) mass is 265 g/mol. The molecule has 0 aliphatic rings. The van der Waals surface area contributed by atoms with Crippen LogP contribution >= 0.6 is 0 Å². The van der Waals surface area contributed by atoms with Gasteiger partial charge in [0.15, 0.2) is 0 Å². The van der Waals surface area contributed by atoms with Gasteiger partial charge < -0.3 is 19.8 Å². The second-order valence-electron chi connectivity index (χ2n) is 3.96. The number of hydrogen-bond acceptors (Lipinski definition) is 5. The van der Waals surface area contributed by atoms with Crippen LogP contribution in [0.25, 0.3) is 0 Å². The second-order valence-corrected chi connectivity index (χ2v) is 3.96. The van der Waals surface area contributed by atoms with Crippen molar-refractivity contribution in [3.8, 4) is 11.5 Å². The van der Waals surface area contributed by atoms with Gasteiger partial charge in [0.1, 0.15) is 17.1 Å². The molecule has 5 nitrogen and oxygen atoms in total. The minimum absolute atomic E-state index is 0.0188. The first-order valence-electron chi connectivity index (χ1n) is 6.18. The van der Waals surface area contributed by atoms with Gasteiger partial charge in [-0.15, -0.1) is 0 Å². The van der Waals surface area contributed by atoms with Crippen LogP contribution in [-0.2, 0) is 4.74 Å². The Morgan fingerprint density at radius 1 is 1.32 bits per heavy atom. The van der Waals surface area contributed by atoms with Crippen molar-refractivity contribution in [2.75, 3.05) is 19.6 Å². The molecule has 19 heavy (non-hydrogen) atoms. The van der Waals surface area contributed by atoms with E-state index in [2.05, 4.69) is 18.7 Å². The molecule has 0 bridgehead atoms. The van der Waals surface area contributed by atoms with Crippen molar-refractivity contribution in [3.63, 3.8) is 0 Å². The van der Waals surface area contributed by atoms with Gasteiger partial charge in [0, 0.05) is 12.6 Å². The van der Waals surface area contributed by atoms with Gasteiger partial charge in [-0.25, -0.2) is 4.79 Å². The summed E-state index contributed by atoms with van der Waals surface area (Å²) in [6.45, 7) is 6.65. The lowest BCUT2D eigenvalue weighted by Crippen LogP contribution is -2.22. The van der Waals surface area contributed by atoms with E-state index in [1.807, 2.05) is 0 Å². The average molecular weight is 265 g/mol. The molecule has 0 aliphatic heterocycles. The summed E-state index contributed by atoms with van der Waals surface area (Å²) in [4.78, 5) is 13.8. The van der Waals surface area contributed by atoms with Crippen LogP contribution in [0.5, 0.6) is 11.5 Å². The predicted octanol–water partition coefficient (Wildman–Crippen LogP) is 2.11. The Morgan fingerprint density at radius 2 is 2.00 bits per heavy atom. The van der Waals surface area contributed by atoms with Crippen molar-refractivity contribution in [1.82, 2.24) is 4.90 Å². The molecule has 0 fully saturated rings. The largest absolute Gasteiger partial charge is 0.508 e. The van der Waals surface area contributed by atoms with Crippen molar-refractivity contribution in [3.05, 3.63) is 36.1 Å². The maximum absolute atomic E-state index is 11.6. The maximum atomic E-state index is 11.6. The fourth-order valence-electron chi connectivity index (χ4n) is 1.54. The molecule has 2 N–H and O–H groups in total. The first-order valence-corrected chi connectivity index (χ1v) is 6.18. The smallest absolute Gasteiger partial charge is 0.346 e. The van der Waals surface area contributed by atoms with E-state index >= 15 is 0 Å². The number of phenolic OH excluding ortho intramolecular Hbond substituents is 2. The molecule has 0 spiro atoms. The number of likely N-dealkylation sites (N-methyl/N-ethyl adjacent to an activating group) is 1. The molecule has 0 amide bonds. The summed E-state index contributed by atoms with van der Waals surface area (Å²) < 4.78 is 4.90. The van der Waals surface area contributed by atoms with Crippen LogP contribution in [0.2, 0.25) is 0 Å². The predicted molar refractivity (Wildman–Crippen MR) is 72.1 cm³/mol. The molecule has 0 aliphatic carbocycles. The van der Waals surface area contributed by atoms with E-state index in [1.165, 1.54) is 18.4 Å². The molecule has 1 aromatic carbocycles. The highest BCUT2D eigenvalue weighted by Crippen LogP contribution is 2.23. The number of phenols is 2. The molecule has 0 saturated carbocycles. The van der Waals surface area contributed by atoms with Gasteiger partial charge in [0.25, 0.3) is 0 Å². The van der Waals surface area contributed by atoms with Crippen LogP contribution in [0.1, 0.15) is 24.2 Å². The van der Waals surface area contributed by atoms with Crippen molar-refractivity contribution in [2.24, 2.45) is 0 Å². The van der Waals surface area contributed by atoms with Crippen molar-refractivity contribution in [1.29, 1.82) is 0 Å². The third-order valence-corrected chi connectivity index (χ3v) is 2.73. The van der Waals surface area contributed by atoms with E-state index in [1.54, 1.807) is 6.08 Å². The summed E-state index contributed by atoms with van der Waals surface area (Å²) in [5.41, 5.74) is 0.0188. The highest BCUT2D eigenvalue weighted by atomic mass is 16.5. The maximum Gasteiger partial charge on any atom is 0.346 e. The highest BCUT2D eigenvalue weighted by Gasteiger charge is 2.11. The van der Waals surface area contributed by atoms with E-state index in [4.69, 9.17) is 9.84 Å². The van der Waals surface area contributed by atoms with Crippen LogP contribution in [-0.4, -0.2) is 40.7 Å². The topological polar surface area (TPSA) is 70.0 Å². The van der Waals surface area contributed by atoms with Gasteiger partial charge >= 0.3 is 5.97 Å². The zero-order valence-corrected chi connectivity index (χ0v) is 11.2. The lowest BCUT2D eigenvalue weighted by Gasteiger charge is -2.14. The van der Waals surface area contributed by atoms with Crippen LogP contribution in [0.4, 0.5) is 0 Å². The summed E-state index contributed by atoms with van der Waals surface area (Å²) in [7, 11) is 0. The van der Waals surface area contributed by atoms with Crippen LogP contribution in [0.15, 0.2) is 30.5 Å². The van der Waals surface area contributed by atoms with Crippen LogP contribution < -0.4 is 0 Å². The number of carbonyl (C=O) groups is 1. The first-order chi connectivity index (χ1) is 9.08. The van der Waals surface area contributed by atoms with E-state index in [9.17, 15) is 9.90 Å². The summed E-state index contributed by atoms with van der Waals surface area (Å²) in [6.07, 6.45) is 3.05. The van der Waals surface area contributed by atoms with Gasteiger partial charge in [-0.1, -0.05) is 13.8 Å². The van der Waals surface area contributed by atoms with Crippen molar-refractivity contribution >= 4 is 5.97 Å². The highest BCUT2D eigenvalue weighted by molar-refractivity contribution is 5.92. The summed E-state index contributed by atoms with van der Waals surface area (Å²) in [6, 6.07) is 3.72. The average Bonchev–Trinajstić information content (AvgIpc) is 2.38. The quantitative estimate of drug-likeness (QED) is 0.609. The molecule has 5 heteroatoms. The third kappa shape index (κ3) is 4.63. The van der Waals surface area contributed by atoms with Crippen LogP contribution in [0.3, 0.4) is 0 Å². The molecule has 1 aromatic rings. The van der Waals surface area contributed by atoms with Gasteiger partial charge in [-0.2, -0.15) is 0 Å². The lowest BCUT2D eigenvalue weighted by atomic mass is 10.2. The Morgan fingerprint density at radius 3 is 2.58 bits per heavy atom. The first kappa shape index (κ1) is 15.0. The molecule has 0 radical (unpaired) electrons. The third-order valence-electron chi connectivity index (χ3n) is 2.73. The Bertz CT molecular complexity index is 453. The number of esters is 1. The number of nitrogens with zero attached hydrogens (tertiary/aromatic N) is 1. The summed E-state index contributed by atoms with van der Waals surface area (Å²) >= 11 is 0. The van der Waals surface area contributed by atoms with Gasteiger partial charge in [0.05, 0.1) is 6.26 Å². The van der Waals surface area contributed by atoms with E-state index in [0.717, 1.165) is 19.2 Å². The van der Waals surface area contributed by atoms with Gasteiger partial charge in [-0.05, 0) is 31.3 Å². The Hall–Kier alpha value is -2.01.